The molecule has 1 aliphatic heterocycles. The highest BCUT2D eigenvalue weighted by atomic mass is 32.1. The number of thiophene rings is 1. The molecule has 2 aromatic carbocycles. The Bertz CT molecular complexity index is 1410. The van der Waals surface area contributed by atoms with Crippen LogP contribution in [0.15, 0.2) is 47.3 Å². The first kappa shape index (κ1) is 20.3. The lowest BCUT2D eigenvalue weighted by Crippen LogP contribution is -2.34. The second-order valence-corrected chi connectivity index (χ2v) is 9.11. The van der Waals surface area contributed by atoms with E-state index in [1.54, 1.807) is 13.0 Å². The van der Waals surface area contributed by atoms with Crippen molar-refractivity contribution in [3.63, 3.8) is 0 Å². The van der Waals surface area contributed by atoms with Gasteiger partial charge in [0.2, 0.25) is 0 Å². The molecule has 4 aromatic rings. The van der Waals surface area contributed by atoms with Gasteiger partial charge in [0, 0.05) is 16.1 Å². The Balaban J connectivity index is 1.42. The number of amides is 1. The van der Waals surface area contributed by atoms with Gasteiger partial charge in [-0.25, -0.2) is 4.98 Å². The maximum Gasteiger partial charge on any atom is 0.265 e. The molecule has 0 spiro atoms. The van der Waals surface area contributed by atoms with Crippen LogP contribution in [0.1, 0.15) is 23.2 Å². The van der Waals surface area contributed by atoms with E-state index in [4.69, 9.17) is 9.72 Å². The number of carbonyl (C=O) groups excluding carboxylic acids is 1. The maximum atomic E-state index is 13.0. The highest BCUT2D eigenvalue weighted by molar-refractivity contribution is 7.19. The fourth-order valence-electron chi connectivity index (χ4n) is 3.82. The molecule has 1 aliphatic rings. The number of nitrogens with one attached hydrogen (secondary N) is 3. The number of fused-ring (bicyclic) bond motifs is 2. The Morgan fingerprint density at radius 3 is 2.69 bits per heavy atom. The van der Waals surface area contributed by atoms with Crippen LogP contribution in [0.3, 0.4) is 0 Å². The second kappa shape index (κ2) is 7.80. The predicted octanol–water partition coefficient (Wildman–Crippen LogP) is 4.60. The molecule has 2 aromatic heterocycles. The van der Waals surface area contributed by atoms with Crippen LogP contribution >= 0.6 is 11.3 Å². The highest BCUT2D eigenvalue weighted by Crippen LogP contribution is 2.36. The topological polar surface area (TPSA) is 96.1 Å². The quantitative estimate of drug-likeness (QED) is 0.426. The minimum Gasteiger partial charge on any atom is -0.479 e. The summed E-state index contributed by atoms with van der Waals surface area (Å²) in [6.07, 6.45) is -0.513. The molecular formula is C24H22N4O3S. The van der Waals surface area contributed by atoms with E-state index >= 15 is 0 Å². The lowest BCUT2D eigenvalue weighted by atomic mass is 10.0. The maximum absolute atomic E-state index is 13.0. The number of aromatic nitrogens is 2. The molecule has 8 heteroatoms. The minimum absolute atomic E-state index is 0.146. The number of H-pyrrole nitrogens is 1. The van der Waals surface area contributed by atoms with Crippen molar-refractivity contribution in [2.45, 2.75) is 33.4 Å². The summed E-state index contributed by atoms with van der Waals surface area (Å²) in [6.45, 7) is 6.11. The molecule has 0 saturated carbocycles. The van der Waals surface area contributed by atoms with Gasteiger partial charge < -0.3 is 20.4 Å². The third kappa shape index (κ3) is 3.62. The first-order valence-electron chi connectivity index (χ1n) is 10.3. The smallest absolute Gasteiger partial charge is 0.265 e. The van der Waals surface area contributed by atoms with Gasteiger partial charge in [0.1, 0.15) is 16.4 Å². The summed E-state index contributed by atoms with van der Waals surface area (Å²) in [5.41, 5.74) is 4.39. The number of nitrogens with zero attached hydrogens (tertiary/aromatic N) is 1. The molecule has 0 saturated heterocycles. The molecule has 0 bridgehead atoms. The van der Waals surface area contributed by atoms with Crippen molar-refractivity contribution in [2.75, 3.05) is 10.6 Å². The predicted molar refractivity (Wildman–Crippen MR) is 128 cm³/mol. The van der Waals surface area contributed by atoms with Crippen LogP contribution in [0.5, 0.6) is 5.75 Å². The van der Waals surface area contributed by atoms with Gasteiger partial charge >= 0.3 is 0 Å². The molecule has 5 rings (SSSR count). The number of ether oxygens (including phenoxy) is 1. The van der Waals surface area contributed by atoms with Crippen molar-refractivity contribution in [3.05, 3.63) is 69.1 Å². The molecule has 1 amide bonds. The van der Waals surface area contributed by atoms with Crippen molar-refractivity contribution < 1.29 is 9.53 Å². The van der Waals surface area contributed by atoms with E-state index in [0.29, 0.717) is 29.2 Å². The molecule has 3 N–H and O–H groups in total. The summed E-state index contributed by atoms with van der Waals surface area (Å²) in [5.74, 6) is 1.00. The van der Waals surface area contributed by atoms with Crippen LogP contribution in [0.25, 0.3) is 21.3 Å². The second-order valence-electron chi connectivity index (χ2n) is 7.91. The number of aromatic amines is 1. The van der Waals surface area contributed by atoms with Crippen LogP contribution in [-0.2, 0) is 11.3 Å². The molecular weight excluding hydrogens is 424 g/mol. The first-order chi connectivity index (χ1) is 15.4. The first-order valence-corrected chi connectivity index (χ1v) is 11.2. The van der Waals surface area contributed by atoms with Crippen LogP contribution in [0.2, 0.25) is 0 Å². The monoisotopic (exact) mass is 446 g/mol. The summed E-state index contributed by atoms with van der Waals surface area (Å²) in [7, 11) is 0. The third-order valence-electron chi connectivity index (χ3n) is 5.50. The Labute approximate surface area is 188 Å². The zero-order valence-corrected chi connectivity index (χ0v) is 18.7. The van der Waals surface area contributed by atoms with E-state index in [9.17, 15) is 9.59 Å². The molecule has 7 nitrogen and oxygen atoms in total. The molecule has 162 valence electrons. The average molecular weight is 447 g/mol. The SMILES string of the molecule is Cc1ccc(-c2c(C)sc3nc(CNc4ccc5c(c4)NC(=O)C(C)O5)[nH]c(=O)c23)cc1. The van der Waals surface area contributed by atoms with Crippen molar-refractivity contribution >= 4 is 38.8 Å². The van der Waals surface area contributed by atoms with Crippen molar-refractivity contribution in [1.82, 2.24) is 9.97 Å². The van der Waals surface area contributed by atoms with E-state index in [-0.39, 0.29) is 11.5 Å². The Kier molecular flexibility index (Phi) is 4.94. The summed E-state index contributed by atoms with van der Waals surface area (Å²) in [4.78, 5) is 34.2. The van der Waals surface area contributed by atoms with Gasteiger partial charge in [-0.05, 0) is 44.5 Å². The lowest BCUT2D eigenvalue weighted by molar-refractivity contribution is -0.122. The molecule has 1 atom stereocenters. The van der Waals surface area contributed by atoms with Crippen LogP contribution in [0, 0.1) is 13.8 Å². The average Bonchev–Trinajstić information content (AvgIpc) is 3.10. The van der Waals surface area contributed by atoms with E-state index in [2.05, 4.69) is 15.6 Å². The summed E-state index contributed by atoms with van der Waals surface area (Å²) in [5, 5.41) is 6.71. The van der Waals surface area contributed by atoms with Crippen molar-refractivity contribution in [2.24, 2.45) is 0 Å². The van der Waals surface area contributed by atoms with E-state index in [1.165, 1.54) is 16.9 Å². The third-order valence-corrected chi connectivity index (χ3v) is 6.50. The zero-order chi connectivity index (χ0) is 22.4. The number of anilines is 2. The van der Waals surface area contributed by atoms with Gasteiger partial charge in [-0.3, -0.25) is 9.59 Å². The van der Waals surface area contributed by atoms with Gasteiger partial charge in [-0.2, -0.15) is 0 Å². The molecule has 0 radical (unpaired) electrons. The van der Waals surface area contributed by atoms with Gasteiger partial charge in [0.05, 0.1) is 17.6 Å². The number of hydrogen-bond donors (Lipinski definition) is 3. The molecule has 3 heterocycles. The summed E-state index contributed by atoms with van der Waals surface area (Å²) >= 11 is 1.52. The Morgan fingerprint density at radius 2 is 1.91 bits per heavy atom. The van der Waals surface area contributed by atoms with Crippen molar-refractivity contribution in [1.29, 1.82) is 0 Å². The van der Waals surface area contributed by atoms with Crippen LogP contribution in [-0.4, -0.2) is 22.0 Å². The number of rotatable bonds is 4. The fraction of sp³-hybridized carbons (Fsp3) is 0.208. The minimum atomic E-state index is -0.513. The Hall–Kier alpha value is -3.65. The van der Waals surface area contributed by atoms with Crippen molar-refractivity contribution in [3.8, 4) is 16.9 Å². The molecule has 0 aliphatic carbocycles. The molecule has 1 unspecified atom stereocenters. The van der Waals surface area contributed by atoms with E-state index in [1.807, 2.05) is 50.2 Å². The van der Waals surface area contributed by atoms with E-state index < -0.39 is 6.10 Å². The van der Waals surface area contributed by atoms with Gasteiger partial charge in [-0.1, -0.05) is 29.8 Å². The lowest BCUT2D eigenvalue weighted by Gasteiger charge is -2.23. The highest BCUT2D eigenvalue weighted by Gasteiger charge is 2.23. The van der Waals surface area contributed by atoms with Gasteiger partial charge in [-0.15, -0.1) is 11.3 Å². The standard InChI is InChI=1S/C24H22N4O3S/c1-12-4-6-15(7-5-12)20-14(3)32-24-21(20)23(30)27-19(28-24)11-25-16-8-9-18-17(10-16)26-22(29)13(2)31-18/h4-10,13,25H,11H2,1-3H3,(H,26,29)(H,27,28,30). The number of hydrogen-bond acceptors (Lipinski definition) is 6. The zero-order valence-electron chi connectivity index (χ0n) is 17.9. The number of carbonyl (C=O) groups is 1. The summed E-state index contributed by atoms with van der Waals surface area (Å²) in [6, 6.07) is 13.7. The van der Waals surface area contributed by atoms with Gasteiger partial charge in [0.25, 0.3) is 11.5 Å². The molecule has 0 fully saturated rings. The number of benzene rings is 2. The van der Waals surface area contributed by atoms with E-state index in [0.717, 1.165) is 26.5 Å². The number of aryl methyl sites for hydroxylation is 2. The van der Waals surface area contributed by atoms with Crippen LogP contribution in [0.4, 0.5) is 11.4 Å². The summed E-state index contributed by atoms with van der Waals surface area (Å²) < 4.78 is 5.58. The largest absolute Gasteiger partial charge is 0.479 e. The fourth-order valence-corrected chi connectivity index (χ4v) is 4.88. The van der Waals surface area contributed by atoms with Crippen LogP contribution < -0.4 is 20.9 Å². The van der Waals surface area contributed by atoms with Gasteiger partial charge in [0.15, 0.2) is 6.10 Å². The molecule has 32 heavy (non-hydrogen) atoms. The normalized spacial score (nSPS) is 15.2. The Morgan fingerprint density at radius 1 is 1.12 bits per heavy atom.